The van der Waals surface area contributed by atoms with E-state index in [0.29, 0.717) is 46.2 Å². The molecule has 4 saturated heterocycles. The van der Waals surface area contributed by atoms with Gasteiger partial charge in [0, 0.05) is 23.5 Å². The molecule has 54 heavy (non-hydrogen) atoms. The smallest absolute Gasteiger partial charge is 0.410 e. The van der Waals surface area contributed by atoms with Crippen LogP contribution in [0.4, 0.5) is 23.8 Å². The van der Waals surface area contributed by atoms with Crippen LogP contribution in [0.15, 0.2) is 30.3 Å². The lowest BCUT2D eigenvalue weighted by Crippen LogP contribution is -2.62. The van der Waals surface area contributed by atoms with Crippen molar-refractivity contribution in [2.24, 2.45) is 0 Å². The molecule has 5 atom stereocenters. The minimum absolute atomic E-state index is 0.0369. The third kappa shape index (κ3) is 5.56. The molecule has 9 rings (SSSR count). The van der Waals surface area contributed by atoms with Gasteiger partial charge in [-0.15, -0.1) is 6.42 Å². The number of amides is 1. The summed E-state index contributed by atoms with van der Waals surface area (Å²) in [5.74, 6) is 1.77. The van der Waals surface area contributed by atoms with Crippen molar-refractivity contribution in [3.63, 3.8) is 0 Å². The first kappa shape index (κ1) is 35.1. The number of pyridine rings is 1. The zero-order valence-electron chi connectivity index (χ0n) is 31.0. The Bertz CT molecular complexity index is 2220. The highest BCUT2D eigenvalue weighted by atomic mass is 19.1. The molecule has 4 aromatic rings. The molecule has 5 aliphatic rings. The zero-order valence-corrected chi connectivity index (χ0v) is 31.0. The van der Waals surface area contributed by atoms with Gasteiger partial charge >= 0.3 is 12.1 Å². The predicted octanol–water partition coefficient (Wildman–Crippen LogP) is 7.74. The fourth-order valence-corrected chi connectivity index (χ4v) is 10.2. The Kier molecular flexibility index (Phi) is 8.45. The van der Waals surface area contributed by atoms with Crippen molar-refractivity contribution in [3.05, 3.63) is 53.2 Å². The molecule has 5 aliphatic heterocycles. The molecular formula is C42H45F3N6O3. The number of halogens is 3. The van der Waals surface area contributed by atoms with E-state index >= 15 is 8.78 Å². The summed E-state index contributed by atoms with van der Waals surface area (Å²) < 4.78 is 58.9. The van der Waals surface area contributed by atoms with Crippen LogP contribution < -0.4 is 9.64 Å². The highest BCUT2D eigenvalue weighted by Crippen LogP contribution is 2.46. The number of carbonyl (C=O) groups excluding carboxylic acids is 1. The maximum absolute atomic E-state index is 17.4. The van der Waals surface area contributed by atoms with Gasteiger partial charge in [-0.05, 0) is 96.6 Å². The summed E-state index contributed by atoms with van der Waals surface area (Å²) >= 11 is 0. The predicted molar refractivity (Wildman–Crippen MR) is 200 cm³/mol. The first-order valence-electron chi connectivity index (χ1n) is 19.3. The van der Waals surface area contributed by atoms with Crippen LogP contribution in [0, 0.1) is 24.0 Å². The monoisotopic (exact) mass is 738 g/mol. The number of ether oxygens (including phenoxy) is 2. The number of piperazine rings is 1. The van der Waals surface area contributed by atoms with E-state index in [1.165, 1.54) is 6.07 Å². The van der Waals surface area contributed by atoms with E-state index in [9.17, 15) is 9.18 Å². The van der Waals surface area contributed by atoms with E-state index in [2.05, 4.69) is 15.7 Å². The van der Waals surface area contributed by atoms with Crippen molar-refractivity contribution in [2.75, 3.05) is 31.3 Å². The van der Waals surface area contributed by atoms with E-state index in [1.807, 2.05) is 31.7 Å². The van der Waals surface area contributed by atoms with Gasteiger partial charge in [0.05, 0.1) is 40.3 Å². The van der Waals surface area contributed by atoms with Crippen molar-refractivity contribution in [1.29, 1.82) is 0 Å². The quantitative estimate of drug-likeness (QED) is 0.193. The van der Waals surface area contributed by atoms with E-state index in [4.69, 9.17) is 30.8 Å². The Labute approximate surface area is 313 Å². The number of aromatic nitrogens is 3. The molecular weight excluding hydrogens is 693 g/mol. The lowest BCUT2D eigenvalue weighted by atomic mass is 9.92. The standard InChI is InChI=1S/C42H45F3N6O3/c1-5-27-29(44)15-13-24-9-6-10-28(33(24)27)36-35(45)37-34-30(46-36)11-7-12-31-32-16-14-26(51(32)40(52)54-41(2,3)4)22-49(31)38(34)48-39(47-37)53-23-42-18-8-20-50(42)25(21-43)17-19-42/h1,6,9-10,13,15,25-26,31-32H,7-8,11-12,14,16-23H2,2-4H3/t25-,26+,31+,32-,42-/m0/s1. The van der Waals surface area contributed by atoms with Crippen LogP contribution in [0.5, 0.6) is 6.01 Å². The number of nitrogens with zero attached hydrogens (tertiary/aromatic N) is 6. The fourth-order valence-electron chi connectivity index (χ4n) is 10.2. The molecule has 2 aromatic carbocycles. The van der Waals surface area contributed by atoms with Gasteiger partial charge in [-0.25, -0.2) is 22.9 Å². The number of hydrogen-bond donors (Lipinski definition) is 0. The fraction of sp³-hybridized carbons (Fsp3) is 0.524. The summed E-state index contributed by atoms with van der Waals surface area (Å²) in [5.41, 5.74) is 0.217. The van der Waals surface area contributed by atoms with Gasteiger partial charge in [0.2, 0.25) is 0 Å². The molecule has 0 aliphatic carbocycles. The molecule has 0 N–H and O–H groups in total. The van der Waals surface area contributed by atoms with Crippen molar-refractivity contribution >= 4 is 33.6 Å². The lowest BCUT2D eigenvalue weighted by molar-refractivity contribution is 0.00699. The maximum Gasteiger partial charge on any atom is 0.410 e. The molecule has 7 heterocycles. The molecule has 0 radical (unpaired) electrons. The average Bonchev–Trinajstić information content (AvgIpc) is 3.81. The van der Waals surface area contributed by atoms with Crippen LogP contribution in [0.1, 0.15) is 83.4 Å². The molecule has 0 spiro atoms. The summed E-state index contributed by atoms with van der Waals surface area (Å²) in [7, 11) is 0. The van der Waals surface area contributed by atoms with Crippen molar-refractivity contribution in [1.82, 2.24) is 24.8 Å². The Balaban J connectivity index is 1.20. The van der Waals surface area contributed by atoms with Gasteiger partial charge in [0.15, 0.2) is 5.82 Å². The third-order valence-electron chi connectivity index (χ3n) is 12.5. The Morgan fingerprint density at radius 3 is 2.67 bits per heavy atom. The van der Waals surface area contributed by atoms with Crippen LogP contribution in [0.3, 0.4) is 0 Å². The number of aryl methyl sites for hydroxylation is 1. The molecule has 12 heteroatoms. The molecule has 282 valence electrons. The Morgan fingerprint density at radius 1 is 1.02 bits per heavy atom. The Hall–Kier alpha value is -4.63. The van der Waals surface area contributed by atoms with Gasteiger partial charge in [0.25, 0.3) is 0 Å². The highest BCUT2D eigenvalue weighted by Gasteiger charge is 2.52. The second kappa shape index (κ2) is 13.0. The largest absolute Gasteiger partial charge is 0.461 e. The number of benzene rings is 2. The van der Waals surface area contributed by atoms with Crippen molar-refractivity contribution < 1.29 is 27.4 Å². The van der Waals surface area contributed by atoms with Gasteiger partial charge in [-0.2, -0.15) is 9.97 Å². The summed E-state index contributed by atoms with van der Waals surface area (Å²) in [4.78, 5) is 34.8. The zero-order chi connectivity index (χ0) is 37.5. The van der Waals surface area contributed by atoms with E-state index < -0.39 is 23.9 Å². The normalized spacial score (nSPS) is 26.4. The lowest BCUT2D eigenvalue weighted by Gasteiger charge is -2.48. The van der Waals surface area contributed by atoms with Crippen LogP contribution in [-0.2, 0) is 11.2 Å². The molecule has 0 saturated carbocycles. The number of fused-ring (bicyclic) bond motifs is 7. The SMILES string of the molecule is C#Cc1c(F)ccc2cccc(-c3nc4c5c(nc(OC[C@@]67CCCN6[C@H](CF)CC7)nc5c3F)N3C[C@H]5CC[C@@H]([C@H]3CCC4)N5C(=O)OC(C)(C)C)c12. The second-order valence-corrected chi connectivity index (χ2v) is 16.7. The Morgan fingerprint density at radius 2 is 1.87 bits per heavy atom. The summed E-state index contributed by atoms with van der Waals surface area (Å²) in [5, 5.41) is 1.59. The molecule has 2 bridgehead atoms. The number of terminal acetylenes is 1. The first-order valence-corrected chi connectivity index (χ1v) is 19.3. The number of anilines is 1. The minimum Gasteiger partial charge on any atom is -0.461 e. The van der Waals surface area contributed by atoms with E-state index in [1.54, 1.807) is 18.2 Å². The second-order valence-electron chi connectivity index (χ2n) is 16.7. The number of carbonyl (C=O) groups is 1. The third-order valence-corrected chi connectivity index (χ3v) is 12.5. The highest BCUT2D eigenvalue weighted by molar-refractivity contribution is 6.02. The van der Waals surface area contributed by atoms with Gasteiger partial charge in [-0.3, -0.25) is 9.80 Å². The van der Waals surface area contributed by atoms with Crippen LogP contribution >= 0.6 is 0 Å². The summed E-state index contributed by atoms with van der Waals surface area (Å²) in [6.45, 7) is 6.78. The van der Waals surface area contributed by atoms with Gasteiger partial charge < -0.3 is 14.4 Å². The van der Waals surface area contributed by atoms with Crippen LogP contribution in [0.2, 0.25) is 0 Å². The van der Waals surface area contributed by atoms with E-state index in [-0.39, 0.29) is 65.2 Å². The number of alkyl halides is 1. The number of hydrogen-bond acceptors (Lipinski definition) is 8. The van der Waals surface area contributed by atoms with Crippen LogP contribution in [-0.4, -0.2) is 92.5 Å². The molecule has 1 amide bonds. The van der Waals surface area contributed by atoms with E-state index in [0.717, 1.165) is 57.9 Å². The van der Waals surface area contributed by atoms with Crippen molar-refractivity contribution in [3.8, 4) is 29.6 Å². The average molecular weight is 739 g/mol. The van der Waals surface area contributed by atoms with Gasteiger partial charge in [0.1, 0.15) is 41.7 Å². The molecule has 2 aromatic heterocycles. The van der Waals surface area contributed by atoms with Crippen molar-refractivity contribution in [2.45, 2.75) is 114 Å². The molecule has 4 fully saturated rings. The van der Waals surface area contributed by atoms with Gasteiger partial charge in [-0.1, -0.05) is 30.2 Å². The molecule has 0 unspecified atom stereocenters. The minimum atomic E-state index is -0.673. The topological polar surface area (TPSA) is 83.9 Å². The first-order chi connectivity index (χ1) is 26.0. The summed E-state index contributed by atoms with van der Waals surface area (Å²) in [6, 6.07) is 7.85. The maximum atomic E-state index is 17.4. The van der Waals surface area contributed by atoms with Crippen LogP contribution in [0.25, 0.3) is 32.9 Å². The summed E-state index contributed by atoms with van der Waals surface area (Å²) in [6.07, 6.45) is 12.5. The molecule has 9 nitrogen and oxygen atoms in total. The number of rotatable bonds is 5.